The Hall–Kier alpha value is -3.65. The molecule has 0 radical (unpaired) electrons. The van der Waals surface area contributed by atoms with E-state index in [1.165, 1.54) is 18.2 Å². The highest BCUT2D eigenvalue weighted by Gasteiger charge is 2.36. The molecular weight excluding hydrogens is 392 g/mol. The van der Waals surface area contributed by atoms with Crippen molar-refractivity contribution >= 4 is 33.2 Å². The van der Waals surface area contributed by atoms with Gasteiger partial charge in [-0.3, -0.25) is 14.3 Å². The van der Waals surface area contributed by atoms with Gasteiger partial charge < -0.3 is 4.74 Å². The summed E-state index contributed by atoms with van der Waals surface area (Å²) in [5.41, 5.74) is 1.11. The van der Waals surface area contributed by atoms with E-state index >= 15 is 0 Å². The third-order valence-corrected chi connectivity index (χ3v) is 4.87. The summed E-state index contributed by atoms with van der Waals surface area (Å²) in [6.07, 6.45) is 1.03. The molecule has 8 heteroatoms. The van der Waals surface area contributed by atoms with Crippen LogP contribution in [0.4, 0.5) is 11.4 Å². The van der Waals surface area contributed by atoms with Crippen LogP contribution in [-0.2, 0) is 10.0 Å². The highest BCUT2D eigenvalue weighted by molar-refractivity contribution is 7.92. The third kappa shape index (κ3) is 3.70. The van der Waals surface area contributed by atoms with E-state index in [2.05, 4.69) is 4.72 Å². The molecule has 0 unspecified atom stereocenters. The summed E-state index contributed by atoms with van der Waals surface area (Å²) < 4.78 is 31.6. The van der Waals surface area contributed by atoms with Crippen molar-refractivity contribution < 1.29 is 22.7 Å². The van der Waals surface area contributed by atoms with Crippen LogP contribution >= 0.6 is 0 Å². The summed E-state index contributed by atoms with van der Waals surface area (Å²) >= 11 is 0. The number of nitrogens with one attached hydrogen (secondary N) is 1. The van der Waals surface area contributed by atoms with E-state index < -0.39 is 21.8 Å². The van der Waals surface area contributed by atoms with E-state index in [0.717, 1.165) is 11.2 Å². The van der Waals surface area contributed by atoms with Crippen LogP contribution in [0.1, 0.15) is 20.7 Å². The van der Waals surface area contributed by atoms with Crippen LogP contribution in [-0.4, -0.2) is 26.5 Å². The molecule has 0 atom stereocenters. The summed E-state index contributed by atoms with van der Waals surface area (Å²) in [6, 6.07) is 19.8. The highest BCUT2D eigenvalue weighted by Crippen LogP contribution is 2.36. The number of fused-ring (bicyclic) bond motifs is 1. The lowest BCUT2D eigenvalue weighted by molar-refractivity contribution is 0.0926. The number of anilines is 2. The van der Waals surface area contributed by atoms with Gasteiger partial charge in [0.25, 0.3) is 11.8 Å². The maximum atomic E-state index is 12.7. The highest BCUT2D eigenvalue weighted by atomic mass is 32.2. The van der Waals surface area contributed by atoms with Crippen molar-refractivity contribution in [3.63, 3.8) is 0 Å². The second-order valence-corrected chi connectivity index (χ2v) is 8.21. The predicted octanol–water partition coefficient (Wildman–Crippen LogP) is 3.65. The number of carbonyl (C=O) groups excluding carboxylic acids is 2. The summed E-state index contributed by atoms with van der Waals surface area (Å²) in [5.74, 6) is -0.251. The maximum absolute atomic E-state index is 12.7. The molecule has 7 nitrogen and oxygen atoms in total. The summed E-state index contributed by atoms with van der Waals surface area (Å²) in [4.78, 5) is 26.5. The standard InChI is InChI=1S/C21H16N2O5S/c1-29(26,27)22-18-12-11-14(13-19(18)28-15-7-3-2-4-8-15)23-20(24)16-9-5-6-10-17(16)21(23)25/h2-13,22H,1H3. The molecular formula is C21H16N2O5S. The monoisotopic (exact) mass is 408 g/mol. The van der Waals surface area contributed by atoms with Crippen molar-refractivity contribution in [3.8, 4) is 11.5 Å². The molecule has 0 spiro atoms. The van der Waals surface area contributed by atoms with Crippen LogP contribution < -0.4 is 14.4 Å². The Labute approximate surface area is 167 Å². The second-order valence-electron chi connectivity index (χ2n) is 6.46. The zero-order valence-electron chi connectivity index (χ0n) is 15.3. The number of sulfonamides is 1. The van der Waals surface area contributed by atoms with Crippen molar-refractivity contribution in [1.29, 1.82) is 0 Å². The van der Waals surface area contributed by atoms with E-state index in [0.29, 0.717) is 16.9 Å². The molecule has 0 saturated heterocycles. The van der Waals surface area contributed by atoms with Gasteiger partial charge in [-0.1, -0.05) is 30.3 Å². The Morgan fingerprint density at radius 2 is 1.41 bits per heavy atom. The van der Waals surface area contributed by atoms with Crippen LogP contribution in [0.5, 0.6) is 11.5 Å². The molecule has 2 amide bonds. The minimum absolute atomic E-state index is 0.163. The van der Waals surface area contributed by atoms with E-state index in [4.69, 9.17) is 4.74 Å². The molecule has 29 heavy (non-hydrogen) atoms. The fraction of sp³-hybridized carbons (Fsp3) is 0.0476. The first-order valence-electron chi connectivity index (χ1n) is 8.66. The molecule has 1 N–H and O–H groups in total. The summed E-state index contributed by atoms with van der Waals surface area (Å²) in [7, 11) is -3.57. The van der Waals surface area contributed by atoms with Gasteiger partial charge in [-0.25, -0.2) is 13.3 Å². The fourth-order valence-electron chi connectivity index (χ4n) is 3.06. The zero-order valence-corrected chi connectivity index (χ0v) is 16.1. The molecule has 3 aromatic rings. The molecule has 0 aliphatic carbocycles. The lowest BCUT2D eigenvalue weighted by Crippen LogP contribution is -2.29. The number of imide groups is 1. The van der Waals surface area contributed by atoms with Crippen molar-refractivity contribution in [2.24, 2.45) is 0 Å². The second kappa shape index (κ2) is 7.06. The molecule has 1 aliphatic heterocycles. The van der Waals surface area contributed by atoms with Crippen molar-refractivity contribution in [3.05, 3.63) is 83.9 Å². The quantitative estimate of drug-likeness (QED) is 0.651. The van der Waals surface area contributed by atoms with Gasteiger partial charge in [0, 0.05) is 6.07 Å². The molecule has 0 fully saturated rings. The van der Waals surface area contributed by atoms with E-state index in [1.807, 2.05) is 6.07 Å². The number of hydrogen-bond acceptors (Lipinski definition) is 5. The third-order valence-electron chi connectivity index (χ3n) is 4.28. The largest absolute Gasteiger partial charge is 0.455 e. The van der Waals surface area contributed by atoms with Crippen LogP contribution in [0.2, 0.25) is 0 Å². The van der Waals surface area contributed by atoms with Crippen LogP contribution in [0, 0.1) is 0 Å². The average molecular weight is 408 g/mol. The fourth-order valence-corrected chi connectivity index (χ4v) is 3.63. The number of hydrogen-bond donors (Lipinski definition) is 1. The van der Waals surface area contributed by atoms with Crippen LogP contribution in [0.15, 0.2) is 72.8 Å². The minimum Gasteiger partial charge on any atom is -0.455 e. The molecule has 4 rings (SSSR count). The van der Waals surface area contributed by atoms with Crippen molar-refractivity contribution in [2.45, 2.75) is 0 Å². The molecule has 1 heterocycles. The number of rotatable bonds is 5. The molecule has 1 aliphatic rings. The van der Waals surface area contributed by atoms with Gasteiger partial charge in [-0.05, 0) is 36.4 Å². The van der Waals surface area contributed by atoms with Gasteiger partial charge in [-0.2, -0.15) is 0 Å². The summed E-state index contributed by atoms with van der Waals surface area (Å²) in [5, 5.41) is 0. The van der Waals surface area contributed by atoms with Crippen molar-refractivity contribution in [1.82, 2.24) is 0 Å². The Morgan fingerprint density at radius 3 is 2.00 bits per heavy atom. The molecule has 0 bridgehead atoms. The first kappa shape index (κ1) is 18.7. The topological polar surface area (TPSA) is 92.8 Å². The Bertz CT molecular complexity index is 1190. The Balaban J connectivity index is 1.77. The first-order chi connectivity index (χ1) is 13.8. The number of nitrogens with zero attached hydrogens (tertiary/aromatic N) is 1. The zero-order chi connectivity index (χ0) is 20.6. The van der Waals surface area contributed by atoms with Crippen molar-refractivity contribution in [2.75, 3.05) is 15.9 Å². The van der Waals surface area contributed by atoms with Gasteiger partial charge in [0.15, 0.2) is 5.75 Å². The predicted molar refractivity (Wildman–Crippen MR) is 109 cm³/mol. The average Bonchev–Trinajstić information content (AvgIpc) is 2.94. The SMILES string of the molecule is CS(=O)(=O)Nc1ccc(N2C(=O)c3ccccc3C2=O)cc1Oc1ccccc1. The van der Waals surface area contributed by atoms with Crippen LogP contribution in [0.3, 0.4) is 0 Å². The Morgan fingerprint density at radius 1 is 0.828 bits per heavy atom. The van der Waals surface area contributed by atoms with E-state index in [1.54, 1.807) is 48.5 Å². The van der Waals surface area contributed by atoms with Gasteiger partial charge in [0.1, 0.15) is 5.75 Å². The van der Waals surface area contributed by atoms with Gasteiger partial charge >= 0.3 is 0 Å². The number of carbonyl (C=O) groups is 2. The minimum atomic E-state index is -3.57. The van der Waals surface area contributed by atoms with E-state index in [-0.39, 0.29) is 17.1 Å². The van der Waals surface area contributed by atoms with Crippen LogP contribution in [0.25, 0.3) is 0 Å². The molecule has 0 saturated carbocycles. The van der Waals surface area contributed by atoms with Gasteiger partial charge in [-0.15, -0.1) is 0 Å². The smallest absolute Gasteiger partial charge is 0.266 e. The van der Waals surface area contributed by atoms with Gasteiger partial charge in [0.05, 0.1) is 28.8 Å². The summed E-state index contributed by atoms with van der Waals surface area (Å²) in [6.45, 7) is 0. The maximum Gasteiger partial charge on any atom is 0.266 e. The normalized spacial score (nSPS) is 13.3. The number of amides is 2. The molecule has 146 valence electrons. The Kier molecular flexibility index (Phi) is 4.56. The van der Waals surface area contributed by atoms with Gasteiger partial charge in [0.2, 0.25) is 10.0 Å². The number of ether oxygens (including phenoxy) is 1. The number of para-hydroxylation sites is 1. The molecule has 0 aromatic heterocycles. The van der Waals surface area contributed by atoms with E-state index in [9.17, 15) is 18.0 Å². The first-order valence-corrected chi connectivity index (χ1v) is 10.6. The lowest BCUT2D eigenvalue weighted by Gasteiger charge is -2.18. The lowest BCUT2D eigenvalue weighted by atomic mass is 10.1. The number of benzene rings is 3. The molecule has 3 aromatic carbocycles.